The molecule has 0 saturated carbocycles. The molecule has 1 aromatic carbocycles. The van der Waals surface area contributed by atoms with Crippen LogP contribution in [-0.4, -0.2) is 47.2 Å². The minimum absolute atomic E-state index is 0.227. The molecule has 5 nitrogen and oxygen atoms in total. The molecule has 1 fully saturated rings. The van der Waals surface area contributed by atoms with E-state index in [0.29, 0.717) is 6.42 Å². The highest BCUT2D eigenvalue weighted by atomic mass is 16.2. The van der Waals surface area contributed by atoms with Crippen molar-refractivity contribution >= 4 is 11.7 Å². The van der Waals surface area contributed by atoms with E-state index in [9.17, 15) is 4.79 Å². The third kappa shape index (κ3) is 3.08. The number of hydrogen-bond donors (Lipinski definition) is 0. The molecule has 0 aliphatic carbocycles. The van der Waals surface area contributed by atoms with Crippen LogP contribution >= 0.6 is 0 Å². The van der Waals surface area contributed by atoms with Gasteiger partial charge < -0.3 is 9.80 Å². The number of amides is 1. The first-order chi connectivity index (χ1) is 10.8. The highest BCUT2D eigenvalue weighted by Crippen LogP contribution is 2.19. The topological polar surface area (TPSA) is 49.3 Å². The quantitative estimate of drug-likeness (QED) is 0.871. The molecule has 3 rings (SSSR count). The van der Waals surface area contributed by atoms with Gasteiger partial charge in [0, 0.05) is 38.2 Å². The van der Waals surface area contributed by atoms with Crippen molar-refractivity contribution in [3.8, 4) is 11.3 Å². The van der Waals surface area contributed by atoms with Gasteiger partial charge >= 0.3 is 0 Å². The fourth-order valence-corrected chi connectivity index (χ4v) is 2.67. The lowest BCUT2D eigenvalue weighted by atomic mass is 10.1. The summed E-state index contributed by atoms with van der Waals surface area (Å²) in [5.74, 6) is 1.11. The average Bonchev–Trinajstić information content (AvgIpc) is 2.62. The molecule has 0 spiro atoms. The lowest BCUT2D eigenvalue weighted by Crippen LogP contribution is -2.48. The Morgan fingerprint density at radius 3 is 2.32 bits per heavy atom. The molecule has 2 aromatic rings. The molecule has 0 unspecified atom stereocenters. The Bertz CT molecular complexity index is 619. The zero-order valence-corrected chi connectivity index (χ0v) is 12.8. The van der Waals surface area contributed by atoms with E-state index in [-0.39, 0.29) is 5.91 Å². The second-order valence-corrected chi connectivity index (χ2v) is 5.36. The van der Waals surface area contributed by atoms with E-state index in [2.05, 4.69) is 15.1 Å². The van der Waals surface area contributed by atoms with Crippen molar-refractivity contribution in [1.29, 1.82) is 0 Å². The molecule has 1 aliphatic heterocycles. The summed E-state index contributed by atoms with van der Waals surface area (Å²) in [6.07, 6.45) is 0.575. The zero-order chi connectivity index (χ0) is 15.4. The van der Waals surface area contributed by atoms with Crippen LogP contribution in [-0.2, 0) is 4.79 Å². The molecule has 1 aromatic heterocycles. The summed E-state index contributed by atoms with van der Waals surface area (Å²) in [5, 5.41) is 8.66. The maximum Gasteiger partial charge on any atom is 0.222 e. The Labute approximate surface area is 130 Å². The van der Waals surface area contributed by atoms with Crippen LogP contribution < -0.4 is 4.90 Å². The molecule has 0 bridgehead atoms. The summed E-state index contributed by atoms with van der Waals surface area (Å²) in [6.45, 7) is 5.04. The first kappa shape index (κ1) is 14.5. The Kier molecular flexibility index (Phi) is 4.32. The third-order valence-corrected chi connectivity index (χ3v) is 3.98. The molecule has 1 amide bonds. The predicted octanol–water partition coefficient (Wildman–Crippen LogP) is 2.20. The number of rotatable bonds is 3. The standard InChI is InChI=1S/C17H20N4O/c1-2-17(22)21-12-10-20(11-13-21)16-9-8-15(18-19-16)14-6-4-3-5-7-14/h3-9H,2,10-13H2,1H3. The van der Waals surface area contributed by atoms with Crippen LogP contribution in [0, 0.1) is 0 Å². The summed E-state index contributed by atoms with van der Waals surface area (Å²) in [6, 6.07) is 14.0. The monoisotopic (exact) mass is 296 g/mol. The number of aromatic nitrogens is 2. The van der Waals surface area contributed by atoms with Crippen molar-refractivity contribution in [2.75, 3.05) is 31.1 Å². The van der Waals surface area contributed by atoms with Gasteiger partial charge in [0.25, 0.3) is 0 Å². The van der Waals surface area contributed by atoms with Crippen molar-refractivity contribution in [3.63, 3.8) is 0 Å². The van der Waals surface area contributed by atoms with E-state index in [1.165, 1.54) is 0 Å². The Hall–Kier alpha value is -2.43. The second-order valence-electron chi connectivity index (χ2n) is 5.36. The van der Waals surface area contributed by atoms with Gasteiger partial charge in [-0.3, -0.25) is 4.79 Å². The summed E-state index contributed by atoms with van der Waals surface area (Å²) >= 11 is 0. The number of anilines is 1. The number of carbonyl (C=O) groups excluding carboxylic acids is 1. The number of nitrogens with zero attached hydrogens (tertiary/aromatic N) is 4. The molecule has 0 atom stereocenters. The van der Waals surface area contributed by atoms with E-state index < -0.39 is 0 Å². The van der Waals surface area contributed by atoms with Gasteiger partial charge in [-0.05, 0) is 12.1 Å². The molecule has 114 valence electrons. The van der Waals surface area contributed by atoms with E-state index in [0.717, 1.165) is 43.3 Å². The summed E-state index contributed by atoms with van der Waals surface area (Å²) in [4.78, 5) is 15.8. The maximum atomic E-state index is 11.7. The van der Waals surface area contributed by atoms with Gasteiger partial charge in [0.05, 0.1) is 5.69 Å². The van der Waals surface area contributed by atoms with Gasteiger partial charge in [-0.2, -0.15) is 0 Å². The molecule has 0 radical (unpaired) electrons. The van der Waals surface area contributed by atoms with Crippen LogP contribution in [0.4, 0.5) is 5.82 Å². The Balaban J connectivity index is 1.66. The lowest BCUT2D eigenvalue weighted by Gasteiger charge is -2.35. The molecule has 1 saturated heterocycles. The minimum Gasteiger partial charge on any atom is -0.352 e. The molecule has 22 heavy (non-hydrogen) atoms. The molecular formula is C17H20N4O. The summed E-state index contributed by atoms with van der Waals surface area (Å²) in [7, 11) is 0. The van der Waals surface area contributed by atoms with Crippen molar-refractivity contribution in [2.24, 2.45) is 0 Å². The normalized spacial score (nSPS) is 15.0. The fraction of sp³-hybridized carbons (Fsp3) is 0.353. The number of hydrogen-bond acceptors (Lipinski definition) is 4. The largest absolute Gasteiger partial charge is 0.352 e. The molecule has 5 heteroatoms. The smallest absolute Gasteiger partial charge is 0.222 e. The first-order valence-corrected chi connectivity index (χ1v) is 7.70. The first-order valence-electron chi connectivity index (χ1n) is 7.70. The molecule has 0 N–H and O–H groups in total. The highest BCUT2D eigenvalue weighted by Gasteiger charge is 2.20. The van der Waals surface area contributed by atoms with Gasteiger partial charge in [0.2, 0.25) is 5.91 Å². The van der Waals surface area contributed by atoms with E-state index in [1.807, 2.05) is 54.3 Å². The number of carbonyl (C=O) groups is 1. The number of piperazine rings is 1. The van der Waals surface area contributed by atoms with Gasteiger partial charge in [-0.25, -0.2) is 0 Å². The Morgan fingerprint density at radius 2 is 1.73 bits per heavy atom. The van der Waals surface area contributed by atoms with Crippen molar-refractivity contribution in [2.45, 2.75) is 13.3 Å². The molecule has 1 aliphatic rings. The molecule has 2 heterocycles. The summed E-state index contributed by atoms with van der Waals surface area (Å²) in [5.41, 5.74) is 1.95. The van der Waals surface area contributed by atoms with E-state index >= 15 is 0 Å². The van der Waals surface area contributed by atoms with Crippen LogP contribution in [0.3, 0.4) is 0 Å². The minimum atomic E-state index is 0.227. The van der Waals surface area contributed by atoms with Gasteiger partial charge in [0.15, 0.2) is 5.82 Å². The van der Waals surface area contributed by atoms with Crippen LogP contribution in [0.25, 0.3) is 11.3 Å². The van der Waals surface area contributed by atoms with Crippen LogP contribution in [0.5, 0.6) is 0 Å². The number of benzene rings is 1. The zero-order valence-electron chi connectivity index (χ0n) is 12.8. The van der Waals surface area contributed by atoms with Crippen molar-refractivity contribution in [3.05, 3.63) is 42.5 Å². The Morgan fingerprint density at radius 1 is 1.00 bits per heavy atom. The molecular weight excluding hydrogens is 276 g/mol. The predicted molar refractivity (Wildman–Crippen MR) is 86.6 cm³/mol. The highest BCUT2D eigenvalue weighted by molar-refractivity contribution is 5.76. The van der Waals surface area contributed by atoms with Crippen LogP contribution in [0.1, 0.15) is 13.3 Å². The van der Waals surface area contributed by atoms with Crippen LogP contribution in [0.15, 0.2) is 42.5 Å². The lowest BCUT2D eigenvalue weighted by molar-refractivity contribution is -0.131. The van der Waals surface area contributed by atoms with Crippen molar-refractivity contribution in [1.82, 2.24) is 15.1 Å². The van der Waals surface area contributed by atoms with Crippen molar-refractivity contribution < 1.29 is 4.79 Å². The van der Waals surface area contributed by atoms with Gasteiger partial charge in [-0.1, -0.05) is 37.3 Å². The van der Waals surface area contributed by atoms with Crippen LogP contribution in [0.2, 0.25) is 0 Å². The van der Waals surface area contributed by atoms with Gasteiger partial charge in [0.1, 0.15) is 0 Å². The maximum absolute atomic E-state index is 11.7. The second kappa shape index (κ2) is 6.56. The van der Waals surface area contributed by atoms with E-state index in [1.54, 1.807) is 0 Å². The SMILES string of the molecule is CCC(=O)N1CCN(c2ccc(-c3ccccc3)nn2)CC1. The fourth-order valence-electron chi connectivity index (χ4n) is 2.67. The summed E-state index contributed by atoms with van der Waals surface area (Å²) < 4.78 is 0. The average molecular weight is 296 g/mol. The third-order valence-electron chi connectivity index (χ3n) is 3.98. The van der Waals surface area contributed by atoms with Gasteiger partial charge in [-0.15, -0.1) is 10.2 Å². The van der Waals surface area contributed by atoms with E-state index in [4.69, 9.17) is 0 Å².